The van der Waals surface area contributed by atoms with Gasteiger partial charge in [0.15, 0.2) is 0 Å². The first-order valence-electron chi connectivity index (χ1n) is 5.87. The summed E-state index contributed by atoms with van der Waals surface area (Å²) in [5.41, 5.74) is 1.52. The first-order chi connectivity index (χ1) is 7.33. The molecule has 0 aromatic rings. The number of hydrogen-bond acceptors (Lipinski definition) is 2. The highest BCUT2D eigenvalue weighted by Crippen LogP contribution is 2.34. The number of rotatable bonds is 3. The van der Waals surface area contributed by atoms with Gasteiger partial charge < -0.3 is 4.74 Å². The van der Waals surface area contributed by atoms with Crippen molar-refractivity contribution >= 4 is 5.97 Å². The van der Waals surface area contributed by atoms with Gasteiger partial charge in [-0.15, -0.1) is 0 Å². The third-order valence-electron chi connectivity index (χ3n) is 3.33. The van der Waals surface area contributed by atoms with Crippen LogP contribution in [0.1, 0.15) is 47.0 Å². The zero-order valence-corrected chi connectivity index (χ0v) is 10.8. The Kier molecular flexibility index (Phi) is 3.95. The van der Waals surface area contributed by atoms with Crippen LogP contribution in [0.3, 0.4) is 0 Å². The average molecular weight is 222 g/mol. The molecule has 1 aliphatic rings. The van der Waals surface area contributed by atoms with Crippen LogP contribution >= 0.6 is 0 Å². The number of carbonyl (C=O) groups is 1. The summed E-state index contributed by atoms with van der Waals surface area (Å²) in [5.74, 6) is 0.135. The van der Waals surface area contributed by atoms with Gasteiger partial charge in [-0.3, -0.25) is 0 Å². The van der Waals surface area contributed by atoms with E-state index < -0.39 is 5.60 Å². The molecular formula is C14H22O2. The summed E-state index contributed by atoms with van der Waals surface area (Å²) in [4.78, 5) is 11.5. The summed E-state index contributed by atoms with van der Waals surface area (Å²) >= 11 is 0. The van der Waals surface area contributed by atoms with E-state index in [-0.39, 0.29) is 5.97 Å². The van der Waals surface area contributed by atoms with Crippen molar-refractivity contribution in [1.29, 1.82) is 0 Å². The Hall–Kier alpha value is -1.05. The van der Waals surface area contributed by atoms with Gasteiger partial charge in [-0.05, 0) is 47.0 Å². The topological polar surface area (TPSA) is 26.3 Å². The molecule has 1 unspecified atom stereocenters. The molecule has 0 amide bonds. The highest BCUT2D eigenvalue weighted by molar-refractivity contribution is 5.87. The lowest BCUT2D eigenvalue weighted by molar-refractivity contribution is -0.157. The van der Waals surface area contributed by atoms with E-state index in [1.807, 2.05) is 13.8 Å². The Morgan fingerprint density at radius 1 is 1.56 bits per heavy atom. The highest BCUT2D eigenvalue weighted by Gasteiger charge is 2.33. The minimum absolute atomic E-state index is 0.281. The maximum absolute atomic E-state index is 11.5. The standard InChI is InChI=1S/C14H22O2/c1-10(2)13(15)16-14(4,5)12-8-6-11(3)7-9-12/h6,12H,1,7-9H2,2-5H3. The molecule has 0 saturated heterocycles. The first kappa shape index (κ1) is 13.0. The van der Waals surface area contributed by atoms with Crippen LogP contribution in [0, 0.1) is 5.92 Å². The molecular weight excluding hydrogens is 200 g/mol. The van der Waals surface area contributed by atoms with Gasteiger partial charge in [0, 0.05) is 11.5 Å². The van der Waals surface area contributed by atoms with Gasteiger partial charge in [-0.1, -0.05) is 18.2 Å². The van der Waals surface area contributed by atoms with E-state index >= 15 is 0 Å². The number of esters is 1. The molecule has 0 radical (unpaired) electrons. The second-order valence-electron chi connectivity index (χ2n) is 5.30. The maximum Gasteiger partial charge on any atom is 0.333 e. The Morgan fingerprint density at radius 3 is 2.62 bits per heavy atom. The molecule has 0 aromatic heterocycles. The quantitative estimate of drug-likeness (QED) is 0.414. The smallest absolute Gasteiger partial charge is 0.333 e. The Balaban J connectivity index is 2.64. The molecule has 0 bridgehead atoms. The fourth-order valence-electron chi connectivity index (χ4n) is 2.01. The van der Waals surface area contributed by atoms with Crippen molar-refractivity contribution in [3.63, 3.8) is 0 Å². The van der Waals surface area contributed by atoms with Crippen molar-refractivity contribution < 1.29 is 9.53 Å². The molecule has 0 aliphatic heterocycles. The number of hydrogen-bond donors (Lipinski definition) is 0. The van der Waals surface area contributed by atoms with Crippen LogP contribution in [0.4, 0.5) is 0 Å². The summed E-state index contributed by atoms with van der Waals surface area (Å²) in [6, 6.07) is 0. The molecule has 0 spiro atoms. The Morgan fingerprint density at radius 2 is 2.19 bits per heavy atom. The molecule has 1 rings (SSSR count). The number of allylic oxidation sites excluding steroid dienone is 2. The lowest BCUT2D eigenvalue weighted by Crippen LogP contribution is -2.37. The fraction of sp³-hybridized carbons (Fsp3) is 0.643. The molecule has 2 nitrogen and oxygen atoms in total. The van der Waals surface area contributed by atoms with Crippen LogP contribution in [0.15, 0.2) is 23.8 Å². The van der Waals surface area contributed by atoms with Crippen LogP contribution in [0.2, 0.25) is 0 Å². The van der Waals surface area contributed by atoms with E-state index in [0.29, 0.717) is 11.5 Å². The summed E-state index contributed by atoms with van der Waals surface area (Å²) in [5, 5.41) is 0. The molecule has 0 aromatic carbocycles. The van der Waals surface area contributed by atoms with Crippen LogP contribution in [-0.2, 0) is 9.53 Å². The molecule has 1 atom stereocenters. The van der Waals surface area contributed by atoms with E-state index in [9.17, 15) is 4.79 Å². The van der Waals surface area contributed by atoms with Gasteiger partial charge in [0.25, 0.3) is 0 Å². The normalized spacial score (nSPS) is 21.2. The minimum atomic E-state index is -0.396. The molecule has 0 N–H and O–H groups in total. The van der Waals surface area contributed by atoms with Gasteiger partial charge in [0.05, 0.1) is 0 Å². The van der Waals surface area contributed by atoms with Crippen molar-refractivity contribution in [3.8, 4) is 0 Å². The molecule has 0 heterocycles. The van der Waals surface area contributed by atoms with Crippen molar-refractivity contribution in [2.45, 2.75) is 52.6 Å². The zero-order valence-electron chi connectivity index (χ0n) is 10.8. The van der Waals surface area contributed by atoms with Gasteiger partial charge in [0.1, 0.15) is 5.60 Å². The van der Waals surface area contributed by atoms with E-state index in [1.165, 1.54) is 5.57 Å². The van der Waals surface area contributed by atoms with Gasteiger partial charge >= 0.3 is 5.97 Å². The van der Waals surface area contributed by atoms with Crippen molar-refractivity contribution in [2.75, 3.05) is 0 Å². The van der Waals surface area contributed by atoms with Crippen LogP contribution in [0.25, 0.3) is 0 Å². The molecule has 1 aliphatic carbocycles. The molecule has 2 heteroatoms. The summed E-state index contributed by atoms with van der Waals surface area (Å²) in [6.07, 6.45) is 5.46. The second-order valence-corrected chi connectivity index (χ2v) is 5.30. The van der Waals surface area contributed by atoms with Gasteiger partial charge in [0.2, 0.25) is 0 Å². The van der Waals surface area contributed by atoms with Crippen LogP contribution < -0.4 is 0 Å². The lowest BCUT2D eigenvalue weighted by atomic mass is 9.79. The maximum atomic E-state index is 11.5. The molecule has 16 heavy (non-hydrogen) atoms. The van der Waals surface area contributed by atoms with Gasteiger partial charge in [-0.2, -0.15) is 0 Å². The first-order valence-corrected chi connectivity index (χ1v) is 5.87. The average Bonchev–Trinajstić information content (AvgIpc) is 2.17. The second kappa shape index (κ2) is 4.86. The minimum Gasteiger partial charge on any atom is -0.456 e. The van der Waals surface area contributed by atoms with E-state index in [1.54, 1.807) is 6.92 Å². The SMILES string of the molecule is C=C(C)C(=O)OC(C)(C)C1CC=C(C)CC1. The third kappa shape index (κ3) is 3.22. The van der Waals surface area contributed by atoms with E-state index in [4.69, 9.17) is 4.74 Å². The summed E-state index contributed by atoms with van der Waals surface area (Å²) in [7, 11) is 0. The van der Waals surface area contributed by atoms with Crippen molar-refractivity contribution in [2.24, 2.45) is 5.92 Å². The van der Waals surface area contributed by atoms with Crippen LogP contribution in [-0.4, -0.2) is 11.6 Å². The Bertz CT molecular complexity index is 324. The number of ether oxygens (including phenoxy) is 1. The zero-order chi connectivity index (χ0) is 12.3. The van der Waals surface area contributed by atoms with Crippen LogP contribution in [0.5, 0.6) is 0 Å². The van der Waals surface area contributed by atoms with E-state index in [0.717, 1.165) is 19.3 Å². The van der Waals surface area contributed by atoms with Crippen molar-refractivity contribution in [3.05, 3.63) is 23.8 Å². The molecule has 90 valence electrons. The fourth-order valence-corrected chi connectivity index (χ4v) is 2.01. The van der Waals surface area contributed by atoms with Crippen molar-refractivity contribution in [1.82, 2.24) is 0 Å². The number of carbonyl (C=O) groups excluding carboxylic acids is 1. The molecule has 0 fully saturated rings. The predicted molar refractivity (Wildman–Crippen MR) is 66.1 cm³/mol. The van der Waals surface area contributed by atoms with Gasteiger partial charge in [-0.25, -0.2) is 4.79 Å². The van der Waals surface area contributed by atoms with E-state index in [2.05, 4.69) is 19.6 Å². The summed E-state index contributed by atoms with van der Waals surface area (Å²) < 4.78 is 5.51. The lowest BCUT2D eigenvalue weighted by Gasteiger charge is -2.35. The molecule has 0 saturated carbocycles. The highest BCUT2D eigenvalue weighted by atomic mass is 16.6. The Labute approximate surface area is 98.4 Å². The summed E-state index contributed by atoms with van der Waals surface area (Å²) in [6.45, 7) is 11.4. The third-order valence-corrected chi connectivity index (χ3v) is 3.33. The largest absolute Gasteiger partial charge is 0.456 e. The monoisotopic (exact) mass is 222 g/mol. The predicted octanol–water partition coefficient (Wildman–Crippen LogP) is 3.63.